The van der Waals surface area contributed by atoms with Gasteiger partial charge >= 0.3 is 0 Å². The summed E-state index contributed by atoms with van der Waals surface area (Å²) < 4.78 is 2.46. The Bertz CT molecular complexity index is 2950. The van der Waals surface area contributed by atoms with Crippen LogP contribution in [0.15, 0.2) is 182 Å². The zero-order chi connectivity index (χ0) is 36.6. The molecule has 0 aliphatic heterocycles. The second kappa shape index (κ2) is 14.0. The number of benzene rings is 7. The van der Waals surface area contributed by atoms with Gasteiger partial charge < -0.3 is 0 Å². The van der Waals surface area contributed by atoms with Crippen LogP contribution in [0, 0.1) is 0 Å². The quantitative estimate of drug-likeness (QED) is 0.163. The maximum absolute atomic E-state index is 5.04. The molecule has 3 aromatic heterocycles. The predicted octanol–water partition coefficient (Wildman–Crippen LogP) is 12.1. The predicted molar refractivity (Wildman–Crippen MR) is 224 cm³/mol. The molecule has 258 valence electrons. The van der Waals surface area contributed by atoms with Crippen LogP contribution in [0.25, 0.3) is 99.6 Å². The largest absolute Gasteiger partial charge is 0.208 e. The van der Waals surface area contributed by atoms with Gasteiger partial charge in [-0.3, -0.25) is 0 Å². The van der Waals surface area contributed by atoms with E-state index in [0.29, 0.717) is 34.9 Å². The molecule has 10 aromatic rings. The van der Waals surface area contributed by atoms with Crippen molar-refractivity contribution >= 4 is 31.5 Å². The number of thiophene rings is 1. The molecule has 7 aromatic carbocycles. The van der Waals surface area contributed by atoms with Crippen LogP contribution in [0.5, 0.6) is 0 Å². The Morgan fingerprint density at radius 1 is 0.236 bits per heavy atom. The molecule has 10 rings (SSSR count). The molecule has 0 bridgehead atoms. The molecule has 0 saturated heterocycles. The number of nitrogens with zero attached hydrogens (tertiary/aromatic N) is 6. The molecule has 0 aliphatic rings. The minimum atomic E-state index is 0.584. The van der Waals surface area contributed by atoms with Crippen LogP contribution in [0.1, 0.15) is 0 Å². The molecule has 0 amide bonds. The fraction of sp³-hybridized carbons (Fsp3) is 0. The standard InChI is InChI=1S/C48H30N6S/c1-4-12-31(13-5-1)32-20-22-35(23-21-32)45-49-43(33-14-6-2-7-15-33)50-46(52-45)36-24-26-37(27-25-36)47-51-44(34-16-8-3-9-17-34)53-48(54-47)38-28-29-40-39-18-10-11-19-41(39)55-42(40)30-38/h1-30H. The lowest BCUT2D eigenvalue weighted by atomic mass is 10.0. The second-order valence-corrected chi connectivity index (χ2v) is 14.3. The van der Waals surface area contributed by atoms with Gasteiger partial charge in [0.1, 0.15) is 0 Å². The molecule has 0 fully saturated rings. The van der Waals surface area contributed by atoms with E-state index in [4.69, 9.17) is 29.9 Å². The number of aromatic nitrogens is 6. The number of hydrogen-bond donors (Lipinski definition) is 0. The van der Waals surface area contributed by atoms with Gasteiger partial charge in [0.25, 0.3) is 0 Å². The normalized spacial score (nSPS) is 11.3. The van der Waals surface area contributed by atoms with Gasteiger partial charge in [0.05, 0.1) is 0 Å². The Balaban J connectivity index is 1.04. The SMILES string of the molecule is c1ccc(-c2ccc(-c3nc(-c4ccccc4)nc(-c4ccc(-c5nc(-c6ccccc6)nc(-c6ccc7c(c6)sc6ccccc67)n5)cc4)n3)cc2)cc1. The number of fused-ring (bicyclic) bond motifs is 3. The molecule has 0 aliphatic carbocycles. The highest BCUT2D eigenvalue weighted by Gasteiger charge is 2.16. The lowest BCUT2D eigenvalue weighted by molar-refractivity contribution is 1.07. The Morgan fingerprint density at radius 3 is 1.02 bits per heavy atom. The molecule has 0 radical (unpaired) electrons. The molecule has 0 atom stereocenters. The highest BCUT2D eigenvalue weighted by molar-refractivity contribution is 7.25. The number of rotatable bonds is 7. The van der Waals surface area contributed by atoms with Gasteiger partial charge in [-0.05, 0) is 23.3 Å². The van der Waals surface area contributed by atoms with Crippen molar-refractivity contribution in [2.45, 2.75) is 0 Å². The zero-order valence-corrected chi connectivity index (χ0v) is 30.2. The fourth-order valence-electron chi connectivity index (χ4n) is 6.78. The second-order valence-electron chi connectivity index (χ2n) is 13.2. The van der Waals surface area contributed by atoms with Crippen LogP contribution in [0.4, 0.5) is 0 Å². The first kappa shape index (κ1) is 32.4. The maximum Gasteiger partial charge on any atom is 0.164 e. The van der Waals surface area contributed by atoms with Crippen LogP contribution in [0.2, 0.25) is 0 Å². The lowest BCUT2D eigenvalue weighted by Gasteiger charge is -2.10. The van der Waals surface area contributed by atoms with E-state index in [9.17, 15) is 0 Å². The van der Waals surface area contributed by atoms with E-state index in [1.807, 2.05) is 103 Å². The van der Waals surface area contributed by atoms with Gasteiger partial charge in [0.2, 0.25) is 0 Å². The fourth-order valence-corrected chi connectivity index (χ4v) is 7.92. The van der Waals surface area contributed by atoms with E-state index in [2.05, 4.69) is 78.9 Å². The van der Waals surface area contributed by atoms with Crippen molar-refractivity contribution in [2.24, 2.45) is 0 Å². The van der Waals surface area contributed by atoms with E-state index >= 15 is 0 Å². The van der Waals surface area contributed by atoms with Crippen molar-refractivity contribution in [1.82, 2.24) is 29.9 Å². The third kappa shape index (κ3) is 6.43. The van der Waals surface area contributed by atoms with Crippen LogP contribution in [-0.4, -0.2) is 29.9 Å². The minimum Gasteiger partial charge on any atom is -0.208 e. The topological polar surface area (TPSA) is 77.3 Å². The number of hydrogen-bond acceptors (Lipinski definition) is 7. The van der Waals surface area contributed by atoms with Gasteiger partial charge in [-0.1, -0.05) is 170 Å². The first-order chi connectivity index (χ1) is 27.2. The highest BCUT2D eigenvalue weighted by Crippen LogP contribution is 2.36. The smallest absolute Gasteiger partial charge is 0.164 e. The first-order valence-electron chi connectivity index (χ1n) is 18.0. The van der Waals surface area contributed by atoms with Crippen molar-refractivity contribution in [3.63, 3.8) is 0 Å². The molecular weight excluding hydrogens is 693 g/mol. The molecule has 0 saturated carbocycles. The van der Waals surface area contributed by atoms with Crippen molar-refractivity contribution in [3.8, 4) is 79.5 Å². The molecule has 0 N–H and O–H groups in total. The van der Waals surface area contributed by atoms with Gasteiger partial charge in [-0.2, -0.15) is 0 Å². The summed E-state index contributed by atoms with van der Waals surface area (Å²) in [7, 11) is 0. The first-order valence-corrected chi connectivity index (χ1v) is 18.8. The van der Waals surface area contributed by atoms with Gasteiger partial charge in [-0.15, -0.1) is 11.3 Å². The summed E-state index contributed by atoms with van der Waals surface area (Å²) >= 11 is 1.78. The Labute approximate surface area is 321 Å². The summed E-state index contributed by atoms with van der Waals surface area (Å²) in [6.45, 7) is 0. The molecule has 7 heteroatoms. The van der Waals surface area contributed by atoms with Crippen molar-refractivity contribution in [3.05, 3.63) is 182 Å². The Morgan fingerprint density at radius 2 is 0.545 bits per heavy atom. The summed E-state index contributed by atoms with van der Waals surface area (Å²) in [4.78, 5) is 29.9. The van der Waals surface area contributed by atoms with E-state index in [-0.39, 0.29) is 0 Å². The van der Waals surface area contributed by atoms with Crippen LogP contribution >= 0.6 is 11.3 Å². The van der Waals surface area contributed by atoms with E-state index in [0.717, 1.165) is 44.5 Å². The average Bonchev–Trinajstić information content (AvgIpc) is 3.65. The molecule has 55 heavy (non-hydrogen) atoms. The Hall–Kier alpha value is -7.22. The van der Waals surface area contributed by atoms with Crippen molar-refractivity contribution < 1.29 is 0 Å². The van der Waals surface area contributed by atoms with E-state index in [1.165, 1.54) is 20.2 Å². The third-order valence-electron chi connectivity index (χ3n) is 9.62. The summed E-state index contributed by atoms with van der Waals surface area (Å²) in [6.07, 6.45) is 0. The van der Waals surface area contributed by atoms with Gasteiger partial charge in [0.15, 0.2) is 34.9 Å². The summed E-state index contributed by atoms with van der Waals surface area (Å²) in [5.41, 5.74) is 7.72. The van der Waals surface area contributed by atoms with Crippen molar-refractivity contribution in [2.75, 3.05) is 0 Å². The van der Waals surface area contributed by atoms with Crippen LogP contribution < -0.4 is 0 Å². The summed E-state index contributed by atoms with van der Waals surface area (Å²) in [6, 6.07) is 61.9. The molecule has 3 heterocycles. The molecular formula is C48H30N6S. The third-order valence-corrected chi connectivity index (χ3v) is 10.8. The van der Waals surface area contributed by atoms with Gasteiger partial charge in [0, 0.05) is 53.6 Å². The monoisotopic (exact) mass is 722 g/mol. The van der Waals surface area contributed by atoms with Crippen LogP contribution in [-0.2, 0) is 0 Å². The average molecular weight is 723 g/mol. The molecule has 0 spiro atoms. The summed E-state index contributed by atoms with van der Waals surface area (Å²) in [5, 5.41) is 2.50. The minimum absolute atomic E-state index is 0.584. The van der Waals surface area contributed by atoms with Crippen molar-refractivity contribution in [1.29, 1.82) is 0 Å². The maximum atomic E-state index is 5.04. The van der Waals surface area contributed by atoms with Crippen LogP contribution in [0.3, 0.4) is 0 Å². The highest BCUT2D eigenvalue weighted by atomic mass is 32.1. The molecule has 6 nitrogen and oxygen atoms in total. The van der Waals surface area contributed by atoms with E-state index in [1.54, 1.807) is 11.3 Å². The molecule has 0 unspecified atom stereocenters. The Kier molecular flexibility index (Phi) is 8.24. The van der Waals surface area contributed by atoms with E-state index < -0.39 is 0 Å². The van der Waals surface area contributed by atoms with Gasteiger partial charge in [-0.25, -0.2) is 29.9 Å². The lowest BCUT2D eigenvalue weighted by Crippen LogP contribution is -2.01. The summed E-state index contributed by atoms with van der Waals surface area (Å²) in [5.74, 6) is 3.64. The zero-order valence-electron chi connectivity index (χ0n) is 29.4.